The van der Waals surface area contributed by atoms with E-state index in [-0.39, 0.29) is 16.7 Å². The summed E-state index contributed by atoms with van der Waals surface area (Å²) in [4.78, 5) is 14.0. The van der Waals surface area contributed by atoms with Crippen molar-refractivity contribution in [3.8, 4) is 5.75 Å². The van der Waals surface area contributed by atoms with Crippen LogP contribution in [0.15, 0.2) is 17.1 Å². The summed E-state index contributed by atoms with van der Waals surface area (Å²) in [7, 11) is 0. The zero-order valence-corrected chi connectivity index (χ0v) is 12.1. The zero-order chi connectivity index (χ0) is 15.1. The third-order valence-corrected chi connectivity index (χ3v) is 2.59. The zero-order valence-electron chi connectivity index (χ0n) is 11.3. The van der Waals surface area contributed by atoms with Gasteiger partial charge >= 0.3 is 0 Å². The lowest BCUT2D eigenvalue weighted by Gasteiger charge is -2.10. The standard InChI is InChI=1S/C13H17ClN2O4/c1-9(2)20-5-3-4-15-8-10-6-11(14)7-12(13(10)17)16(18)19/h6-9,17H,3-5H2,1-2H3/p-1. The highest BCUT2D eigenvalue weighted by molar-refractivity contribution is 6.31. The number of benzene rings is 1. The first kappa shape index (κ1) is 16.4. The van der Waals surface area contributed by atoms with Gasteiger partial charge in [0.2, 0.25) is 0 Å². The van der Waals surface area contributed by atoms with E-state index in [4.69, 9.17) is 16.3 Å². The summed E-state index contributed by atoms with van der Waals surface area (Å²) in [5.74, 6) is -0.679. The highest BCUT2D eigenvalue weighted by Gasteiger charge is 2.10. The number of nitro groups is 1. The Balaban J connectivity index is 2.65. The van der Waals surface area contributed by atoms with Crippen LogP contribution in [-0.2, 0) is 4.74 Å². The quantitative estimate of drug-likeness (QED) is 0.335. The van der Waals surface area contributed by atoms with Crippen molar-refractivity contribution < 1.29 is 14.8 Å². The molecule has 1 aromatic rings. The number of nitrogens with zero attached hydrogens (tertiary/aromatic N) is 2. The van der Waals surface area contributed by atoms with Gasteiger partial charge in [-0.05, 0) is 37.6 Å². The molecule has 0 radical (unpaired) electrons. The maximum atomic E-state index is 11.8. The Bertz CT molecular complexity index is 503. The summed E-state index contributed by atoms with van der Waals surface area (Å²) in [6.45, 7) is 4.94. The Hall–Kier alpha value is -1.66. The van der Waals surface area contributed by atoms with Crippen molar-refractivity contribution in [1.82, 2.24) is 0 Å². The second kappa shape index (κ2) is 7.81. The molecule has 0 fully saturated rings. The Morgan fingerprint density at radius 2 is 2.20 bits per heavy atom. The predicted molar refractivity (Wildman–Crippen MR) is 75.7 cm³/mol. The molecule has 110 valence electrons. The average molecular weight is 300 g/mol. The van der Waals surface area contributed by atoms with Gasteiger partial charge in [0.1, 0.15) is 0 Å². The van der Waals surface area contributed by atoms with Gasteiger partial charge in [-0.2, -0.15) is 0 Å². The molecule has 1 aromatic carbocycles. The van der Waals surface area contributed by atoms with Gasteiger partial charge in [0.25, 0.3) is 5.69 Å². The van der Waals surface area contributed by atoms with Crippen molar-refractivity contribution >= 4 is 23.5 Å². The maximum Gasteiger partial charge on any atom is 0.263 e. The fraction of sp³-hybridized carbons (Fsp3) is 0.462. The number of rotatable bonds is 7. The van der Waals surface area contributed by atoms with Gasteiger partial charge < -0.3 is 9.84 Å². The number of hydrogen-bond donors (Lipinski definition) is 0. The monoisotopic (exact) mass is 299 g/mol. The molecule has 20 heavy (non-hydrogen) atoms. The lowest BCUT2D eigenvalue weighted by atomic mass is 10.2. The van der Waals surface area contributed by atoms with E-state index in [1.165, 1.54) is 12.3 Å². The molecule has 1 rings (SSSR count). The average Bonchev–Trinajstić information content (AvgIpc) is 2.36. The van der Waals surface area contributed by atoms with Crippen LogP contribution in [0.25, 0.3) is 0 Å². The van der Waals surface area contributed by atoms with Gasteiger partial charge in [0.15, 0.2) is 0 Å². The fourth-order valence-corrected chi connectivity index (χ4v) is 1.69. The Labute approximate surface area is 122 Å². The normalized spacial score (nSPS) is 11.4. The molecule has 0 atom stereocenters. The van der Waals surface area contributed by atoms with E-state index in [0.717, 1.165) is 6.07 Å². The van der Waals surface area contributed by atoms with Crippen LogP contribution in [0.5, 0.6) is 5.75 Å². The van der Waals surface area contributed by atoms with E-state index in [1.54, 1.807) is 0 Å². The predicted octanol–water partition coefficient (Wildman–Crippen LogP) is 2.56. The van der Waals surface area contributed by atoms with E-state index in [9.17, 15) is 15.2 Å². The van der Waals surface area contributed by atoms with E-state index >= 15 is 0 Å². The van der Waals surface area contributed by atoms with Crippen LogP contribution >= 0.6 is 11.6 Å². The van der Waals surface area contributed by atoms with Crippen molar-refractivity contribution in [3.05, 3.63) is 32.8 Å². The molecule has 0 saturated carbocycles. The molecule has 0 saturated heterocycles. The van der Waals surface area contributed by atoms with Crippen LogP contribution in [0.4, 0.5) is 5.69 Å². The molecular formula is C13H16ClN2O4-. The first-order valence-corrected chi connectivity index (χ1v) is 6.56. The van der Waals surface area contributed by atoms with Crippen LogP contribution in [-0.4, -0.2) is 30.4 Å². The van der Waals surface area contributed by atoms with Crippen molar-refractivity contribution in [2.24, 2.45) is 4.99 Å². The molecule has 0 unspecified atom stereocenters. The molecule has 7 heteroatoms. The summed E-state index contributed by atoms with van der Waals surface area (Å²) in [5.41, 5.74) is -0.420. The van der Waals surface area contributed by atoms with Crippen molar-refractivity contribution in [2.45, 2.75) is 26.4 Å². The largest absolute Gasteiger partial charge is 0.867 e. The van der Waals surface area contributed by atoms with Gasteiger partial charge in [0, 0.05) is 30.5 Å². The smallest absolute Gasteiger partial charge is 0.263 e. The number of ether oxygens (including phenoxy) is 1. The van der Waals surface area contributed by atoms with Crippen LogP contribution in [0.2, 0.25) is 5.02 Å². The third-order valence-electron chi connectivity index (χ3n) is 2.37. The molecule has 0 aliphatic rings. The molecule has 0 amide bonds. The van der Waals surface area contributed by atoms with Crippen molar-refractivity contribution in [1.29, 1.82) is 0 Å². The minimum atomic E-state index is -0.748. The van der Waals surface area contributed by atoms with E-state index in [2.05, 4.69) is 4.99 Å². The van der Waals surface area contributed by atoms with Crippen LogP contribution in [0.3, 0.4) is 0 Å². The van der Waals surface area contributed by atoms with Gasteiger partial charge in [-0.1, -0.05) is 11.6 Å². The molecule has 0 aliphatic heterocycles. The summed E-state index contributed by atoms with van der Waals surface area (Å²) in [6, 6.07) is 2.41. The summed E-state index contributed by atoms with van der Waals surface area (Å²) >= 11 is 5.74. The fourth-order valence-electron chi connectivity index (χ4n) is 1.47. The van der Waals surface area contributed by atoms with Crippen LogP contribution in [0.1, 0.15) is 25.8 Å². The topological polar surface area (TPSA) is 87.8 Å². The van der Waals surface area contributed by atoms with Crippen molar-refractivity contribution in [2.75, 3.05) is 13.2 Å². The third kappa shape index (κ3) is 5.14. The number of halogens is 1. The highest BCUT2D eigenvalue weighted by atomic mass is 35.5. The molecule has 0 spiro atoms. The lowest BCUT2D eigenvalue weighted by Crippen LogP contribution is -2.05. The van der Waals surface area contributed by atoms with E-state index < -0.39 is 16.4 Å². The maximum absolute atomic E-state index is 11.8. The number of nitro benzene ring substituents is 1. The summed E-state index contributed by atoms with van der Waals surface area (Å²) in [5, 5.41) is 22.6. The highest BCUT2D eigenvalue weighted by Crippen LogP contribution is 2.29. The van der Waals surface area contributed by atoms with Gasteiger partial charge in [0.05, 0.1) is 11.0 Å². The van der Waals surface area contributed by atoms with Gasteiger partial charge in [-0.15, -0.1) is 0 Å². The minimum absolute atomic E-state index is 0.119. The molecular weight excluding hydrogens is 284 g/mol. The lowest BCUT2D eigenvalue weighted by molar-refractivity contribution is -0.398. The molecule has 0 N–H and O–H groups in total. The Morgan fingerprint density at radius 1 is 1.50 bits per heavy atom. The second-order valence-corrected chi connectivity index (χ2v) is 4.85. The summed E-state index contributed by atoms with van der Waals surface area (Å²) < 4.78 is 5.34. The second-order valence-electron chi connectivity index (χ2n) is 4.41. The first-order valence-electron chi connectivity index (χ1n) is 6.18. The van der Waals surface area contributed by atoms with Crippen molar-refractivity contribution in [3.63, 3.8) is 0 Å². The molecule has 0 heterocycles. The van der Waals surface area contributed by atoms with E-state index in [1.807, 2.05) is 13.8 Å². The van der Waals surface area contributed by atoms with Crippen LogP contribution < -0.4 is 5.11 Å². The minimum Gasteiger partial charge on any atom is -0.867 e. The van der Waals surface area contributed by atoms with E-state index in [0.29, 0.717) is 19.6 Å². The first-order chi connectivity index (χ1) is 9.41. The molecule has 0 bridgehead atoms. The van der Waals surface area contributed by atoms with Gasteiger partial charge in [-0.25, -0.2) is 0 Å². The Kier molecular flexibility index (Phi) is 6.41. The number of aliphatic imine (C=N–C) groups is 1. The van der Waals surface area contributed by atoms with Crippen LogP contribution in [0, 0.1) is 10.1 Å². The molecule has 0 aromatic heterocycles. The summed E-state index contributed by atoms with van der Waals surface area (Å²) in [6.07, 6.45) is 2.20. The Morgan fingerprint density at radius 3 is 2.80 bits per heavy atom. The van der Waals surface area contributed by atoms with Gasteiger partial charge in [-0.3, -0.25) is 15.1 Å². The SMILES string of the molecule is CC(C)OCCCN=Cc1cc(Cl)cc([N+](=O)[O-])c1[O-]. The number of hydrogen-bond acceptors (Lipinski definition) is 5. The molecule has 6 nitrogen and oxygen atoms in total. The molecule has 0 aliphatic carbocycles.